The Kier molecular flexibility index (Phi) is 9.20. The highest BCUT2D eigenvalue weighted by atomic mass is 16.2. The largest absolute Gasteiger partial charge is 0.352 e. The summed E-state index contributed by atoms with van der Waals surface area (Å²) < 4.78 is 0. The molecule has 0 bridgehead atoms. The lowest BCUT2D eigenvalue weighted by Gasteiger charge is -2.37. The highest BCUT2D eigenvalue weighted by molar-refractivity contribution is 5.95. The molecule has 2 heterocycles. The Morgan fingerprint density at radius 3 is 2.27 bits per heavy atom. The van der Waals surface area contributed by atoms with Gasteiger partial charge >= 0.3 is 0 Å². The number of fused-ring (bicyclic) bond motifs is 2. The monoisotopic (exact) mass is 691 g/mol. The molecule has 4 aliphatic rings. The predicted molar refractivity (Wildman–Crippen MR) is 193 cm³/mol. The Hall–Kier alpha value is -4.64. The Morgan fingerprint density at radius 2 is 1.71 bits per heavy atom. The van der Waals surface area contributed by atoms with Crippen LogP contribution >= 0.6 is 0 Å². The van der Waals surface area contributed by atoms with Crippen molar-refractivity contribution in [3.05, 3.63) is 87.9 Å². The minimum absolute atomic E-state index is 0.0543. The van der Waals surface area contributed by atoms with Crippen molar-refractivity contribution in [3.8, 4) is 6.07 Å². The second-order valence-electron chi connectivity index (χ2n) is 15.2. The maximum Gasteiger partial charge on any atom is 0.251 e. The third kappa shape index (κ3) is 6.09. The van der Waals surface area contributed by atoms with Crippen LogP contribution in [0.1, 0.15) is 81.4 Å². The lowest BCUT2D eigenvalue weighted by Crippen LogP contribution is -2.44. The number of carbonyl (C=O) groups is 2. The number of aromatic amines is 1. The third-order valence-electron chi connectivity index (χ3n) is 11.7. The fourth-order valence-electron chi connectivity index (χ4n) is 8.96. The van der Waals surface area contributed by atoms with E-state index < -0.39 is 5.41 Å². The number of amides is 2. The van der Waals surface area contributed by atoms with Gasteiger partial charge in [0, 0.05) is 66.5 Å². The average molecular weight is 692 g/mol. The lowest BCUT2D eigenvalue weighted by atomic mass is 9.67. The van der Waals surface area contributed by atoms with Crippen LogP contribution in [0, 0.1) is 16.7 Å². The number of piperidine rings is 2. The first-order chi connectivity index (χ1) is 24.6. The number of benzene rings is 2. The highest BCUT2D eigenvalue weighted by Gasteiger charge is 2.90. The van der Waals surface area contributed by atoms with Crippen LogP contribution in [-0.4, -0.2) is 114 Å². The summed E-state index contributed by atoms with van der Waals surface area (Å²) in [6.07, 6.45) is 5.19. The standard InChI is InChI=1S/C38H49N11O2/c1-24(43-21-25(2)49-30(20-39)19-36-22-37(36,49)23-36)18-38(35-44-46-47-45-35)31-10-8-28(33(50)41-13-12-40-3)16-26(31)6-7-27-17-29(9-11-32(27)38)34(51)42-14-15-48(4)5/h8-11,16-17,24,30,40,43H,2,6-7,12-15,18-19,21-23H2,1,3-5H3,(H,41,50)(H,42,51)(H,44,45,46,47)/t24-,30?,36?,37?,38?/m0/s1. The molecule has 3 fully saturated rings. The first-order valence-electron chi connectivity index (χ1n) is 18.0. The molecule has 13 nitrogen and oxygen atoms in total. The van der Waals surface area contributed by atoms with Crippen molar-refractivity contribution in [2.24, 2.45) is 5.41 Å². The van der Waals surface area contributed by atoms with Crippen molar-refractivity contribution >= 4 is 11.8 Å². The van der Waals surface area contributed by atoms with E-state index in [0.717, 1.165) is 40.9 Å². The first kappa shape index (κ1) is 34.8. The first-order valence-corrected chi connectivity index (χ1v) is 18.0. The SMILES string of the molecule is C=C(CN[C@@H](C)CC1(c2nn[nH]n2)c2ccc(C(=O)NCCNC)cc2CCc2cc(C(=O)NCCN(C)C)ccc21)N1C(C#N)CC23CC12C3. The quantitative estimate of drug-likeness (QED) is 0.149. The summed E-state index contributed by atoms with van der Waals surface area (Å²) in [4.78, 5) is 30.8. The van der Waals surface area contributed by atoms with Crippen LogP contribution in [0.5, 0.6) is 0 Å². The van der Waals surface area contributed by atoms with Gasteiger partial charge in [-0.25, -0.2) is 0 Å². The molecule has 3 aromatic rings. The fourth-order valence-corrected chi connectivity index (χ4v) is 8.96. The summed E-state index contributed by atoms with van der Waals surface area (Å²) in [5, 5.41) is 38.7. The average Bonchev–Trinajstić information content (AvgIpc) is 3.70. The van der Waals surface area contributed by atoms with E-state index in [1.54, 1.807) is 0 Å². The van der Waals surface area contributed by atoms with Crippen molar-refractivity contribution in [1.29, 1.82) is 5.26 Å². The molecule has 0 spiro atoms. The molecule has 3 atom stereocenters. The zero-order valence-corrected chi connectivity index (χ0v) is 30.1. The van der Waals surface area contributed by atoms with Crippen LogP contribution < -0.4 is 21.3 Å². The number of hydrogen-bond donors (Lipinski definition) is 5. The maximum absolute atomic E-state index is 13.3. The minimum Gasteiger partial charge on any atom is -0.352 e. The van der Waals surface area contributed by atoms with E-state index >= 15 is 0 Å². The molecule has 2 unspecified atom stereocenters. The van der Waals surface area contributed by atoms with E-state index in [2.05, 4.69) is 66.4 Å². The molecule has 7 rings (SSSR count). The van der Waals surface area contributed by atoms with E-state index in [1.165, 1.54) is 12.8 Å². The van der Waals surface area contributed by atoms with E-state index in [9.17, 15) is 14.9 Å². The van der Waals surface area contributed by atoms with Crippen LogP contribution in [0.4, 0.5) is 0 Å². The molecule has 2 amide bonds. The van der Waals surface area contributed by atoms with E-state index in [4.69, 9.17) is 0 Å². The van der Waals surface area contributed by atoms with Gasteiger partial charge in [0.15, 0.2) is 5.82 Å². The number of aryl methyl sites for hydroxylation is 2. The van der Waals surface area contributed by atoms with Gasteiger partial charge in [0.1, 0.15) is 6.04 Å². The van der Waals surface area contributed by atoms with Gasteiger partial charge in [-0.05, 0) is 113 Å². The van der Waals surface area contributed by atoms with Crippen molar-refractivity contribution in [2.45, 2.75) is 68.5 Å². The number of hydrogen-bond acceptors (Lipinski definition) is 10. The van der Waals surface area contributed by atoms with Crippen molar-refractivity contribution < 1.29 is 9.59 Å². The summed E-state index contributed by atoms with van der Waals surface area (Å²) in [5.41, 5.74) is 5.87. The Balaban J connectivity index is 1.23. The van der Waals surface area contributed by atoms with Crippen LogP contribution in [0.3, 0.4) is 0 Å². The number of likely N-dealkylation sites (N-methyl/N-ethyl adjacent to an activating group) is 2. The number of tetrazole rings is 1. The number of carbonyl (C=O) groups excluding carboxylic acids is 2. The lowest BCUT2D eigenvalue weighted by molar-refractivity contribution is 0.0944. The molecule has 3 aliphatic carbocycles. The molecule has 13 heteroatoms. The van der Waals surface area contributed by atoms with Crippen LogP contribution in [0.25, 0.3) is 0 Å². The Morgan fingerprint density at radius 1 is 1.06 bits per heavy atom. The van der Waals surface area contributed by atoms with Crippen molar-refractivity contribution in [1.82, 2.24) is 51.7 Å². The molecule has 1 aliphatic heterocycles. The third-order valence-corrected chi connectivity index (χ3v) is 11.7. The second-order valence-corrected chi connectivity index (χ2v) is 15.2. The van der Waals surface area contributed by atoms with E-state index in [1.807, 2.05) is 62.4 Å². The van der Waals surface area contributed by atoms with Gasteiger partial charge in [0.25, 0.3) is 11.8 Å². The molecule has 5 N–H and O–H groups in total. The number of nitrogens with zero attached hydrogens (tertiary/aromatic N) is 6. The van der Waals surface area contributed by atoms with Gasteiger partial charge in [-0.1, -0.05) is 23.9 Å². The number of likely N-dealkylation sites (tertiary alicyclic amines) is 1. The number of H-pyrrole nitrogens is 1. The Bertz CT molecular complexity index is 1860. The highest BCUT2D eigenvalue weighted by Crippen LogP contribution is 2.87. The molecule has 0 radical (unpaired) electrons. The summed E-state index contributed by atoms with van der Waals surface area (Å²) >= 11 is 0. The molecule has 2 saturated carbocycles. The summed E-state index contributed by atoms with van der Waals surface area (Å²) in [7, 11) is 5.81. The normalized spacial score (nSPS) is 25.8. The fraction of sp³-hybridized carbons (Fsp3) is 0.526. The molecule has 268 valence electrons. The van der Waals surface area contributed by atoms with Gasteiger partial charge < -0.3 is 31.1 Å². The topological polar surface area (TPSA) is 167 Å². The second kappa shape index (κ2) is 13.5. The van der Waals surface area contributed by atoms with Gasteiger partial charge in [0.2, 0.25) is 0 Å². The predicted octanol–water partition coefficient (Wildman–Crippen LogP) is 1.89. The number of nitriles is 1. The van der Waals surface area contributed by atoms with Gasteiger partial charge in [-0.2, -0.15) is 10.5 Å². The number of nitrogens with one attached hydrogen (secondary N) is 5. The summed E-state index contributed by atoms with van der Waals surface area (Å²) in [5.74, 6) is 0.281. The molecule has 51 heavy (non-hydrogen) atoms. The zero-order chi connectivity index (χ0) is 36.0. The molecule has 1 aromatic heterocycles. The molecular weight excluding hydrogens is 642 g/mol. The maximum atomic E-state index is 13.3. The Labute approximate surface area is 299 Å². The van der Waals surface area contributed by atoms with Crippen LogP contribution in [-0.2, 0) is 18.3 Å². The summed E-state index contributed by atoms with van der Waals surface area (Å²) in [6.45, 7) is 9.64. The molecular formula is C38H49N11O2. The van der Waals surface area contributed by atoms with Gasteiger partial charge in [-0.3, -0.25) is 9.59 Å². The zero-order valence-electron chi connectivity index (χ0n) is 30.1. The van der Waals surface area contributed by atoms with Crippen molar-refractivity contribution in [2.75, 3.05) is 53.9 Å². The smallest absolute Gasteiger partial charge is 0.251 e. The summed E-state index contributed by atoms with van der Waals surface area (Å²) in [6, 6.07) is 14.2. The number of aromatic nitrogens is 4. The minimum atomic E-state index is -0.855. The molecule has 2 aromatic carbocycles. The van der Waals surface area contributed by atoms with Gasteiger partial charge in [-0.15, -0.1) is 10.2 Å². The van der Waals surface area contributed by atoms with E-state index in [-0.39, 0.29) is 29.4 Å². The number of rotatable bonds is 15. The van der Waals surface area contributed by atoms with Crippen LogP contribution in [0.15, 0.2) is 48.7 Å². The molecule has 1 saturated heterocycles. The van der Waals surface area contributed by atoms with Crippen molar-refractivity contribution in [3.63, 3.8) is 0 Å². The van der Waals surface area contributed by atoms with Gasteiger partial charge in [0.05, 0.1) is 11.5 Å². The van der Waals surface area contributed by atoms with Crippen LogP contribution in [0.2, 0.25) is 0 Å². The van der Waals surface area contributed by atoms with E-state index in [0.29, 0.717) is 67.8 Å².